The number of unbranched alkanes of at least 4 members (excludes halogenated alkanes) is 1. The summed E-state index contributed by atoms with van der Waals surface area (Å²) in [7, 11) is 1.15. The first-order valence-electron chi connectivity index (χ1n) is 7.23. The van der Waals surface area contributed by atoms with Crippen molar-refractivity contribution in [3.8, 4) is 6.07 Å². The van der Waals surface area contributed by atoms with E-state index in [0.717, 1.165) is 36.8 Å². The van der Waals surface area contributed by atoms with Crippen LogP contribution in [0.3, 0.4) is 0 Å². The Morgan fingerprint density at radius 1 is 1.38 bits per heavy atom. The number of imide groups is 1. The Hall–Kier alpha value is -3.15. The molecule has 0 bridgehead atoms. The van der Waals surface area contributed by atoms with Crippen LogP contribution in [0.5, 0.6) is 0 Å². The number of aromatic nitrogens is 1. The summed E-state index contributed by atoms with van der Waals surface area (Å²) >= 11 is 0. The quantitative estimate of drug-likeness (QED) is 0.562. The first kappa shape index (κ1) is 18.9. The molecule has 0 saturated carbocycles. The zero-order valence-electron chi connectivity index (χ0n) is 13.4. The normalized spacial score (nSPS) is 9.71. The highest BCUT2D eigenvalue weighted by Gasteiger charge is 2.15. The number of carbonyl (C=O) groups is 3. The number of pyridine rings is 1. The van der Waals surface area contributed by atoms with Gasteiger partial charge in [-0.25, -0.2) is 9.59 Å². The molecule has 0 aliphatic heterocycles. The Morgan fingerprint density at radius 2 is 2.08 bits per heavy atom. The number of hydrogen-bond donors (Lipinski definition) is 2. The van der Waals surface area contributed by atoms with Crippen molar-refractivity contribution in [3.63, 3.8) is 0 Å². The van der Waals surface area contributed by atoms with Gasteiger partial charge in [0.25, 0.3) is 5.56 Å². The topological polar surface area (TPSA) is 130 Å². The Morgan fingerprint density at radius 3 is 2.67 bits per heavy atom. The van der Waals surface area contributed by atoms with Gasteiger partial charge in [-0.05, 0) is 12.5 Å². The molecule has 0 saturated heterocycles. The average Bonchev–Trinajstić information content (AvgIpc) is 2.56. The Labute approximate surface area is 138 Å². The van der Waals surface area contributed by atoms with Gasteiger partial charge in [-0.3, -0.25) is 14.9 Å². The number of carbonyl (C=O) groups excluding carboxylic acids is 3. The van der Waals surface area contributed by atoms with Crippen molar-refractivity contribution in [3.05, 3.63) is 33.7 Å². The zero-order chi connectivity index (χ0) is 18.1. The zero-order valence-corrected chi connectivity index (χ0v) is 13.4. The van der Waals surface area contributed by atoms with E-state index in [1.54, 1.807) is 6.07 Å². The van der Waals surface area contributed by atoms with Gasteiger partial charge in [0.15, 0.2) is 0 Å². The first-order valence-corrected chi connectivity index (χ1v) is 7.23. The number of hydrogen-bond acceptors (Lipinski definition) is 6. The number of nitrogens with one attached hydrogen (secondary N) is 2. The predicted molar refractivity (Wildman–Crippen MR) is 83.2 cm³/mol. The van der Waals surface area contributed by atoms with E-state index in [-0.39, 0.29) is 11.1 Å². The summed E-state index contributed by atoms with van der Waals surface area (Å²) in [6.45, 7) is 1.86. The molecule has 9 heteroatoms. The molecular formula is C15H18N4O5. The lowest BCUT2D eigenvalue weighted by Crippen LogP contribution is -2.42. The molecule has 0 unspecified atom stereocenters. The largest absolute Gasteiger partial charge is 0.465 e. The van der Waals surface area contributed by atoms with Crippen LogP contribution in [-0.2, 0) is 16.1 Å². The first-order chi connectivity index (χ1) is 11.4. The summed E-state index contributed by atoms with van der Waals surface area (Å²) in [6, 6.07) is 2.06. The molecule has 3 amide bonds. The number of amides is 3. The van der Waals surface area contributed by atoms with Gasteiger partial charge < -0.3 is 14.6 Å². The van der Waals surface area contributed by atoms with Crippen molar-refractivity contribution in [1.82, 2.24) is 15.2 Å². The van der Waals surface area contributed by atoms with Gasteiger partial charge in [0.2, 0.25) is 5.91 Å². The van der Waals surface area contributed by atoms with Crippen molar-refractivity contribution in [2.75, 3.05) is 13.7 Å². The van der Waals surface area contributed by atoms with Crippen LogP contribution in [0.1, 0.15) is 35.7 Å². The maximum atomic E-state index is 12.0. The van der Waals surface area contributed by atoms with Gasteiger partial charge in [0.05, 0.1) is 12.7 Å². The second kappa shape index (κ2) is 9.09. The highest BCUT2D eigenvalue weighted by atomic mass is 16.5. The summed E-state index contributed by atoms with van der Waals surface area (Å²) in [5.41, 5.74) is -1.10. The van der Waals surface area contributed by atoms with Gasteiger partial charge in [0.1, 0.15) is 18.2 Å². The Bertz CT molecular complexity index is 732. The van der Waals surface area contributed by atoms with Gasteiger partial charge in [-0.15, -0.1) is 0 Å². The van der Waals surface area contributed by atoms with Gasteiger partial charge in [-0.2, -0.15) is 5.26 Å². The standard InChI is InChI=1S/C15H18N4O5/c1-3-4-5-17-15(23)18-12(20)9-19-8-11(14(22)24-2)6-10(7-16)13(19)21/h6,8H,3-5,9H2,1-2H3,(H2,17,18,20,23). The lowest BCUT2D eigenvalue weighted by Gasteiger charge is -2.09. The van der Waals surface area contributed by atoms with Crippen LogP contribution in [-0.4, -0.2) is 36.1 Å². The van der Waals surface area contributed by atoms with Crippen LogP contribution in [0.4, 0.5) is 4.79 Å². The molecule has 128 valence electrons. The highest BCUT2D eigenvalue weighted by molar-refractivity contribution is 5.94. The highest BCUT2D eigenvalue weighted by Crippen LogP contribution is 2.02. The summed E-state index contributed by atoms with van der Waals surface area (Å²) in [5.74, 6) is -1.50. The SMILES string of the molecule is CCCCNC(=O)NC(=O)Cn1cc(C(=O)OC)cc(C#N)c1=O. The van der Waals surface area contributed by atoms with Crippen LogP contribution in [0, 0.1) is 11.3 Å². The molecular weight excluding hydrogens is 316 g/mol. The number of rotatable bonds is 6. The van der Waals surface area contributed by atoms with Crippen LogP contribution in [0.25, 0.3) is 0 Å². The van der Waals surface area contributed by atoms with Crippen LogP contribution < -0.4 is 16.2 Å². The van der Waals surface area contributed by atoms with E-state index in [0.29, 0.717) is 6.54 Å². The molecule has 1 rings (SSSR count). The van der Waals surface area contributed by atoms with E-state index in [1.807, 2.05) is 6.92 Å². The van der Waals surface area contributed by atoms with Crippen molar-refractivity contribution in [2.45, 2.75) is 26.3 Å². The summed E-state index contributed by atoms with van der Waals surface area (Å²) in [6.07, 6.45) is 2.76. The molecule has 1 aromatic heterocycles. The number of nitriles is 1. The third-order valence-electron chi connectivity index (χ3n) is 3.01. The monoisotopic (exact) mass is 334 g/mol. The smallest absolute Gasteiger partial charge is 0.339 e. The second-order valence-electron chi connectivity index (χ2n) is 4.84. The number of esters is 1. The van der Waals surface area contributed by atoms with E-state index in [9.17, 15) is 19.2 Å². The third kappa shape index (κ3) is 5.24. The molecule has 0 spiro atoms. The van der Waals surface area contributed by atoms with Gasteiger partial charge in [-0.1, -0.05) is 13.3 Å². The third-order valence-corrected chi connectivity index (χ3v) is 3.01. The fourth-order valence-corrected chi connectivity index (χ4v) is 1.81. The van der Waals surface area contributed by atoms with Crippen LogP contribution in [0.2, 0.25) is 0 Å². The minimum Gasteiger partial charge on any atom is -0.465 e. The maximum Gasteiger partial charge on any atom is 0.339 e. The molecule has 0 aliphatic rings. The van der Waals surface area contributed by atoms with Crippen molar-refractivity contribution < 1.29 is 19.1 Å². The molecule has 2 N–H and O–H groups in total. The lowest BCUT2D eigenvalue weighted by atomic mass is 10.2. The molecule has 0 aromatic carbocycles. The van der Waals surface area contributed by atoms with E-state index < -0.39 is 30.0 Å². The summed E-state index contributed by atoms with van der Waals surface area (Å²) in [4.78, 5) is 46.9. The lowest BCUT2D eigenvalue weighted by molar-refractivity contribution is -0.120. The summed E-state index contributed by atoms with van der Waals surface area (Å²) in [5, 5.41) is 13.5. The van der Waals surface area contributed by atoms with E-state index in [1.165, 1.54) is 0 Å². The minimum atomic E-state index is -0.753. The fraction of sp³-hybridized carbons (Fsp3) is 0.400. The van der Waals surface area contributed by atoms with Crippen molar-refractivity contribution in [2.24, 2.45) is 0 Å². The molecule has 24 heavy (non-hydrogen) atoms. The van der Waals surface area contributed by atoms with Crippen LogP contribution in [0.15, 0.2) is 17.1 Å². The molecule has 0 aliphatic carbocycles. The number of urea groups is 1. The van der Waals surface area contributed by atoms with E-state index >= 15 is 0 Å². The minimum absolute atomic E-state index is 0.0474. The van der Waals surface area contributed by atoms with E-state index in [2.05, 4.69) is 15.4 Å². The van der Waals surface area contributed by atoms with Gasteiger partial charge in [0, 0.05) is 12.7 Å². The molecule has 0 radical (unpaired) electrons. The number of ether oxygens (including phenoxy) is 1. The number of nitrogens with zero attached hydrogens (tertiary/aromatic N) is 2. The van der Waals surface area contributed by atoms with E-state index in [4.69, 9.17) is 5.26 Å². The number of methoxy groups -OCH3 is 1. The van der Waals surface area contributed by atoms with Crippen LogP contribution >= 0.6 is 0 Å². The molecule has 0 fully saturated rings. The molecule has 1 aromatic rings. The Balaban J connectivity index is 2.88. The second-order valence-corrected chi connectivity index (χ2v) is 4.84. The maximum absolute atomic E-state index is 12.0. The van der Waals surface area contributed by atoms with Gasteiger partial charge >= 0.3 is 12.0 Å². The Kier molecular flexibility index (Phi) is 7.16. The molecule has 9 nitrogen and oxygen atoms in total. The average molecular weight is 334 g/mol. The predicted octanol–water partition coefficient (Wildman–Crippen LogP) is 0.132. The molecule has 0 atom stereocenters. The van der Waals surface area contributed by atoms with Crippen molar-refractivity contribution >= 4 is 17.9 Å². The summed E-state index contributed by atoms with van der Waals surface area (Å²) < 4.78 is 5.40. The fourth-order valence-electron chi connectivity index (χ4n) is 1.81. The van der Waals surface area contributed by atoms with Crippen molar-refractivity contribution in [1.29, 1.82) is 5.26 Å². The molecule has 1 heterocycles.